The maximum Gasteiger partial charge on any atom is 0.256 e. The molecule has 1 fully saturated rings. The summed E-state index contributed by atoms with van der Waals surface area (Å²) in [7, 11) is 0. The lowest BCUT2D eigenvalue weighted by Crippen LogP contribution is -2.29. The first-order valence-corrected chi connectivity index (χ1v) is 8.61. The van der Waals surface area contributed by atoms with E-state index in [2.05, 4.69) is 34.1 Å². The molecule has 0 spiro atoms. The number of ether oxygens (including phenoxy) is 1. The molecule has 1 atom stereocenters. The summed E-state index contributed by atoms with van der Waals surface area (Å²) in [5.41, 5.74) is 2.20. The second-order valence-electron chi connectivity index (χ2n) is 6.19. The van der Waals surface area contributed by atoms with Crippen LogP contribution >= 0.6 is 0 Å². The maximum atomic E-state index is 12.4. The molecule has 1 amide bonds. The summed E-state index contributed by atoms with van der Waals surface area (Å²) in [4.78, 5) is 19.1. The summed E-state index contributed by atoms with van der Waals surface area (Å²) in [6.45, 7) is 9.24. The number of carbonyl (C=O) groups excluding carboxylic acids is 1. The highest BCUT2D eigenvalue weighted by molar-refractivity contribution is 5.99. The molecule has 0 aromatic carbocycles. The van der Waals surface area contributed by atoms with Gasteiger partial charge in [0.1, 0.15) is 5.56 Å². The fourth-order valence-corrected chi connectivity index (χ4v) is 2.94. The van der Waals surface area contributed by atoms with Crippen LogP contribution in [0.5, 0.6) is 0 Å². The van der Waals surface area contributed by atoms with Gasteiger partial charge in [-0.25, -0.2) is 9.50 Å². The molecule has 0 unspecified atom stereocenters. The second-order valence-corrected chi connectivity index (χ2v) is 6.19. The summed E-state index contributed by atoms with van der Waals surface area (Å²) in [5.74, 6) is 0.283. The smallest absolute Gasteiger partial charge is 0.256 e. The average Bonchev–Trinajstić information content (AvgIpc) is 3.26. The maximum absolute atomic E-state index is 12.4. The molecule has 2 aromatic heterocycles. The number of fused-ring (bicyclic) bond motifs is 1. The molecule has 0 radical (unpaired) electrons. The van der Waals surface area contributed by atoms with Crippen molar-refractivity contribution < 1.29 is 9.53 Å². The fourth-order valence-electron chi connectivity index (χ4n) is 2.94. The third-order valence-corrected chi connectivity index (χ3v) is 4.53. The van der Waals surface area contributed by atoms with Crippen molar-refractivity contribution in [1.29, 1.82) is 0 Å². The Morgan fingerprint density at radius 1 is 1.42 bits per heavy atom. The predicted molar refractivity (Wildman–Crippen MR) is 90.9 cm³/mol. The molecule has 1 saturated heterocycles. The largest absolute Gasteiger partial charge is 0.381 e. The zero-order valence-electron chi connectivity index (χ0n) is 14.4. The van der Waals surface area contributed by atoms with E-state index < -0.39 is 0 Å². The Kier molecular flexibility index (Phi) is 5.42. The number of hydrogen-bond donors (Lipinski definition) is 1. The lowest BCUT2D eigenvalue weighted by atomic mass is 10.1. The van der Waals surface area contributed by atoms with Crippen molar-refractivity contribution in [2.45, 2.75) is 26.8 Å². The van der Waals surface area contributed by atoms with E-state index >= 15 is 0 Å². The number of amides is 1. The van der Waals surface area contributed by atoms with Crippen molar-refractivity contribution in [3.8, 4) is 0 Å². The lowest BCUT2D eigenvalue weighted by Gasteiger charge is -2.17. The number of nitrogens with zero attached hydrogens (tertiary/aromatic N) is 4. The van der Waals surface area contributed by atoms with E-state index in [-0.39, 0.29) is 5.91 Å². The van der Waals surface area contributed by atoms with Crippen LogP contribution in [0.2, 0.25) is 0 Å². The molecule has 2 aromatic rings. The van der Waals surface area contributed by atoms with Crippen LogP contribution in [0, 0.1) is 5.92 Å². The standard InChI is InChI=1S/C17H25N5O2/c1-3-21(4-2)10-14-8-18-16-15(9-20-22(16)11-14)17(23)19-7-13-5-6-24-12-13/h8-9,11,13H,3-7,10,12H2,1-2H3,(H,19,23)/t13-/m1/s1. The van der Waals surface area contributed by atoms with Gasteiger partial charge in [-0.2, -0.15) is 5.10 Å². The third kappa shape index (κ3) is 3.73. The van der Waals surface area contributed by atoms with Crippen LogP contribution in [-0.2, 0) is 11.3 Å². The number of nitrogens with one attached hydrogen (secondary N) is 1. The number of rotatable bonds is 7. The van der Waals surface area contributed by atoms with E-state index in [1.54, 1.807) is 10.7 Å². The van der Waals surface area contributed by atoms with Gasteiger partial charge in [0.15, 0.2) is 5.65 Å². The zero-order valence-corrected chi connectivity index (χ0v) is 14.4. The van der Waals surface area contributed by atoms with Crippen LogP contribution in [0.4, 0.5) is 0 Å². The summed E-state index contributed by atoms with van der Waals surface area (Å²) >= 11 is 0. The van der Waals surface area contributed by atoms with Crippen LogP contribution in [0.1, 0.15) is 36.2 Å². The van der Waals surface area contributed by atoms with Gasteiger partial charge in [-0.05, 0) is 19.5 Å². The third-order valence-electron chi connectivity index (χ3n) is 4.53. The van der Waals surface area contributed by atoms with E-state index in [0.29, 0.717) is 23.7 Å². The Balaban J connectivity index is 1.69. The van der Waals surface area contributed by atoms with E-state index in [0.717, 1.165) is 44.8 Å². The molecule has 130 valence electrons. The van der Waals surface area contributed by atoms with Crippen molar-refractivity contribution in [3.05, 3.63) is 29.7 Å². The first-order valence-electron chi connectivity index (χ1n) is 8.61. The van der Waals surface area contributed by atoms with E-state index in [9.17, 15) is 4.79 Å². The fraction of sp³-hybridized carbons (Fsp3) is 0.588. The second kappa shape index (κ2) is 7.72. The van der Waals surface area contributed by atoms with Crippen LogP contribution in [-0.4, -0.2) is 58.3 Å². The Morgan fingerprint density at radius 2 is 2.25 bits per heavy atom. The van der Waals surface area contributed by atoms with Crippen molar-refractivity contribution in [2.24, 2.45) is 5.92 Å². The Hall–Kier alpha value is -1.99. The van der Waals surface area contributed by atoms with Gasteiger partial charge in [0.25, 0.3) is 5.91 Å². The molecule has 7 heteroatoms. The molecular formula is C17H25N5O2. The zero-order chi connectivity index (χ0) is 16.9. The molecule has 1 N–H and O–H groups in total. The van der Waals surface area contributed by atoms with E-state index in [4.69, 9.17) is 4.74 Å². The molecule has 3 heterocycles. The van der Waals surface area contributed by atoms with Gasteiger partial charge in [-0.1, -0.05) is 13.8 Å². The predicted octanol–water partition coefficient (Wildman–Crippen LogP) is 1.34. The Labute approximate surface area is 142 Å². The number of aromatic nitrogens is 3. The summed E-state index contributed by atoms with van der Waals surface area (Å²) in [6, 6.07) is 0. The van der Waals surface area contributed by atoms with Crippen LogP contribution in [0.25, 0.3) is 5.65 Å². The molecular weight excluding hydrogens is 306 g/mol. The number of hydrogen-bond acceptors (Lipinski definition) is 5. The van der Waals surface area contributed by atoms with E-state index in [1.165, 1.54) is 0 Å². The van der Waals surface area contributed by atoms with Crippen LogP contribution in [0.15, 0.2) is 18.6 Å². The molecule has 1 aliphatic heterocycles. The summed E-state index contributed by atoms with van der Waals surface area (Å²) < 4.78 is 7.02. The number of carbonyl (C=O) groups is 1. The molecule has 0 aliphatic carbocycles. The highest BCUT2D eigenvalue weighted by Gasteiger charge is 2.19. The molecule has 0 bridgehead atoms. The lowest BCUT2D eigenvalue weighted by molar-refractivity contribution is 0.0946. The van der Waals surface area contributed by atoms with Crippen molar-refractivity contribution in [2.75, 3.05) is 32.8 Å². The Bertz CT molecular complexity index is 689. The highest BCUT2D eigenvalue weighted by atomic mass is 16.5. The SMILES string of the molecule is CCN(CC)Cc1cnc2c(C(=O)NC[C@H]3CCOC3)cnn2c1. The van der Waals surface area contributed by atoms with Crippen LogP contribution < -0.4 is 5.32 Å². The average molecular weight is 331 g/mol. The van der Waals surface area contributed by atoms with Crippen LogP contribution in [0.3, 0.4) is 0 Å². The Morgan fingerprint density at radius 3 is 2.96 bits per heavy atom. The summed E-state index contributed by atoms with van der Waals surface area (Å²) in [6.07, 6.45) is 6.37. The first-order chi connectivity index (χ1) is 11.7. The van der Waals surface area contributed by atoms with Gasteiger partial charge in [-0.3, -0.25) is 9.69 Å². The van der Waals surface area contributed by atoms with Gasteiger partial charge in [0.05, 0.1) is 12.8 Å². The molecule has 24 heavy (non-hydrogen) atoms. The van der Waals surface area contributed by atoms with Gasteiger partial charge < -0.3 is 10.1 Å². The highest BCUT2D eigenvalue weighted by Crippen LogP contribution is 2.13. The molecule has 0 saturated carbocycles. The monoisotopic (exact) mass is 331 g/mol. The minimum Gasteiger partial charge on any atom is -0.381 e. The minimum absolute atomic E-state index is 0.124. The molecule has 3 rings (SSSR count). The van der Waals surface area contributed by atoms with Gasteiger partial charge in [0.2, 0.25) is 0 Å². The van der Waals surface area contributed by atoms with Gasteiger partial charge in [0, 0.05) is 43.6 Å². The molecule has 7 nitrogen and oxygen atoms in total. The van der Waals surface area contributed by atoms with Crippen molar-refractivity contribution in [1.82, 2.24) is 24.8 Å². The quantitative estimate of drug-likeness (QED) is 0.829. The minimum atomic E-state index is -0.124. The first kappa shape index (κ1) is 16.9. The van der Waals surface area contributed by atoms with Crippen molar-refractivity contribution in [3.63, 3.8) is 0 Å². The summed E-state index contributed by atoms with van der Waals surface area (Å²) in [5, 5.41) is 7.25. The normalized spacial score (nSPS) is 17.7. The molecule has 1 aliphatic rings. The van der Waals surface area contributed by atoms with Gasteiger partial charge in [-0.15, -0.1) is 0 Å². The van der Waals surface area contributed by atoms with Gasteiger partial charge >= 0.3 is 0 Å². The van der Waals surface area contributed by atoms with E-state index in [1.807, 2.05) is 12.4 Å². The topological polar surface area (TPSA) is 71.8 Å². The van der Waals surface area contributed by atoms with Crippen molar-refractivity contribution >= 4 is 11.6 Å².